The van der Waals surface area contributed by atoms with Crippen molar-refractivity contribution >= 4 is 28.7 Å². The number of aryl methyl sites for hydroxylation is 1. The molecule has 1 atom stereocenters. The van der Waals surface area contributed by atoms with Crippen LogP contribution in [-0.4, -0.2) is 25.2 Å². The molecule has 1 aliphatic rings. The molecule has 2 aromatic carbocycles. The SMILES string of the molecule is C[C@H]1CN(Cc2ccccc2)c2nc3c(c(=O)n(Cc4ccc(Cl)cc4)c(=O)n3C)n2C1. The van der Waals surface area contributed by atoms with Gasteiger partial charge in [0.25, 0.3) is 5.56 Å². The second-order valence-electron chi connectivity index (χ2n) is 8.53. The third kappa shape index (κ3) is 3.52. The zero-order valence-corrected chi connectivity index (χ0v) is 18.8. The number of rotatable bonds is 4. The fourth-order valence-electron chi connectivity index (χ4n) is 4.45. The molecule has 5 rings (SSSR count). The minimum absolute atomic E-state index is 0.183. The van der Waals surface area contributed by atoms with Gasteiger partial charge in [0, 0.05) is 31.7 Å². The molecular weight excluding hydrogens is 426 g/mol. The summed E-state index contributed by atoms with van der Waals surface area (Å²) < 4.78 is 4.73. The molecule has 7 nitrogen and oxygen atoms in total. The molecule has 1 aliphatic heterocycles. The van der Waals surface area contributed by atoms with Gasteiger partial charge in [0.1, 0.15) is 0 Å². The summed E-state index contributed by atoms with van der Waals surface area (Å²) in [6.45, 7) is 4.57. The quantitative estimate of drug-likeness (QED) is 0.479. The number of nitrogens with zero attached hydrogens (tertiary/aromatic N) is 5. The monoisotopic (exact) mass is 449 g/mol. The molecule has 0 fully saturated rings. The molecule has 0 unspecified atom stereocenters. The lowest BCUT2D eigenvalue weighted by Gasteiger charge is -2.33. The topological polar surface area (TPSA) is 65.1 Å². The molecule has 0 N–H and O–H groups in total. The lowest BCUT2D eigenvalue weighted by Crippen LogP contribution is -2.41. The van der Waals surface area contributed by atoms with Crippen LogP contribution in [0.15, 0.2) is 64.2 Å². The Balaban J connectivity index is 1.65. The number of benzene rings is 2. The molecule has 164 valence electrons. The molecule has 2 aromatic heterocycles. The summed E-state index contributed by atoms with van der Waals surface area (Å²) in [5.41, 5.74) is 2.22. The van der Waals surface area contributed by atoms with Crippen LogP contribution in [0.25, 0.3) is 11.2 Å². The first-order chi connectivity index (χ1) is 15.4. The van der Waals surface area contributed by atoms with E-state index in [1.807, 2.05) is 34.9 Å². The summed E-state index contributed by atoms with van der Waals surface area (Å²) >= 11 is 5.98. The molecule has 0 spiro atoms. The van der Waals surface area contributed by atoms with E-state index in [4.69, 9.17) is 16.6 Å². The molecule has 3 heterocycles. The Morgan fingerprint density at radius 3 is 2.38 bits per heavy atom. The molecule has 0 aliphatic carbocycles. The number of fused-ring (bicyclic) bond motifs is 3. The van der Waals surface area contributed by atoms with Crippen LogP contribution < -0.4 is 16.1 Å². The zero-order valence-electron chi connectivity index (χ0n) is 18.0. The maximum Gasteiger partial charge on any atom is 0.332 e. The third-order valence-electron chi connectivity index (χ3n) is 5.99. The fraction of sp³-hybridized carbons (Fsp3) is 0.292. The van der Waals surface area contributed by atoms with Crippen LogP contribution >= 0.6 is 11.6 Å². The van der Waals surface area contributed by atoms with Gasteiger partial charge >= 0.3 is 5.69 Å². The number of hydrogen-bond donors (Lipinski definition) is 0. The summed E-state index contributed by atoms with van der Waals surface area (Å²) in [6, 6.07) is 17.4. The number of anilines is 1. The maximum absolute atomic E-state index is 13.5. The minimum Gasteiger partial charge on any atom is -0.338 e. The number of imidazole rings is 1. The van der Waals surface area contributed by atoms with Crippen molar-refractivity contribution in [1.29, 1.82) is 0 Å². The summed E-state index contributed by atoms with van der Waals surface area (Å²) in [6.07, 6.45) is 0. The Bertz CT molecular complexity index is 1400. The van der Waals surface area contributed by atoms with E-state index in [1.165, 1.54) is 14.7 Å². The van der Waals surface area contributed by atoms with Crippen molar-refractivity contribution in [3.05, 3.63) is 91.6 Å². The van der Waals surface area contributed by atoms with Gasteiger partial charge in [-0.05, 0) is 29.2 Å². The predicted octanol–water partition coefficient (Wildman–Crippen LogP) is 3.25. The van der Waals surface area contributed by atoms with Crippen molar-refractivity contribution in [3.63, 3.8) is 0 Å². The van der Waals surface area contributed by atoms with Crippen LogP contribution in [0.3, 0.4) is 0 Å². The lowest BCUT2D eigenvalue weighted by atomic mass is 10.1. The van der Waals surface area contributed by atoms with E-state index in [1.54, 1.807) is 19.2 Å². The average molecular weight is 450 g/mol. The smallest absolute Gasteiger partial charge is 0.332 e. The number of halogens is 1. The van der Waals surface area contributed by atoms with Crippen LogP contribution in [0.2, 0.25) is 5.02 Å². The highest BCUT2D eigenvalue weighted by atomic mass is 35.5. The molecule has 0 saturated heterocycles. The van der Waals surface area contributed by atoms with Crippen molar-refractivity contribution in [2.75, 3.05) is 11.4 Å². The van der Waals surface area contributed by atoms with E-state index in [2.05, 4.69) is 24.0 Å². The van der Waals surface area contributed by atoms with Crippen molar-refractivity contribution in [1.82, 2.24) is 18.7 Å². The maximum atomic E-state index is 13.5. The first kappa shape index (κ1) is 20.6. The summed E-state index contributed by atoms with van der Waals surface area (Å²) in [5.74, 6) is 1.07. The van der Waals surface area contributed by atoms with Crippen molar-refractivity contribution in [3.8, 4) is 0 Å². The summed E-state index contributed by atoms with van der Waals surface area (Å²) in [7, 11) is 1.67. The third-order valence-corrected chi connectivity index (χ3v) is 6.24. The van der Waals surface area contributed by atoms with Crippen LogP contribution in [0, 0.1) is 5.92 Å². The Morgan fingerprint density at radius 2 is 1.66 bits per heavy atom. The van der Waals surface area contributed by atoms with Gasteiger partial charge < -0.3 is 9.47 Å². The van der Waals surface area contributed by atoms with E-state index < -0.39 is 0 Å². The van der Waals surface area contributed by atoms with Gasteiger partial charge in [0.05, 0.1) is 6.54 Å². The van der Waals surface area contributed by atoms with E-state index in [0.29, 0.717) is 35.2 Å². The molecule has 32 heavy (non-hydrogen) atoms. The zero-order chi connectivity index (χ0) is 22.4. The standard InChI is InChI=1S/C24H24ClN5O2/c1-16-12-28(14-17-6-4-3-5-7-17)23-26-21-20(29(23)13-16)22(31)30(24(32)27(21)2)15-18-8-10-19(25)11-9-18/h3-11,16H,12-15H2,1-2H3/t16-/m0/s1. The molecule has 0 radical (unpaired) electrons. The van der Waals surface area contributed by atoms with Gasteiger partial charge in [-0.2, -0.15) is 4.98 Å². The van der Waals surface area contributed by atoms with E-state index in [0.717, 1.165) is 18.1 Å². The summed E-state index contributed by atoms with van der Waals surface area (Å²) in [5, 5.41) is 0.613. The van der Waals surface area contributed by atoms with Gasteiger partial charge in [-0.25, -0.2) is 4.79 Å². The fourth-order valence-corrected chi connectivity index (χ4v) is 4.58. The normalized spacial score (nSPS) is 15.8. The Hall–Kier alpha value is -3.32. The van der Waals surface area contributed by atoms with Gasteiger partial charge in [-0.3, -0.25) is 13.9 Å². The molecule has 8 heteroatoms. The Labute approximate surface area is 190 Å². The molecular formula is C24H24ClN5O2. The predicted molar refractivity (Wildman–Crippen MR) is 126 cm³/mol. The van der Waals surface area contributed by atoms with Gasteiger partial charge in [-0.1, -0.05) is 61.0 Å². The van der Waals surface area contributed by atoms with E-state index in [9.17, 15) is 9.59 Å². The lowest BCUT2D eigenvalue weighted by molar-refractivity contribution is 0.435. The van der Waals surface area contributed by atoms with Crippen LogP contribution in [0.5, 0.6) is 0 Å². The Kier molecular flexibility index (Phi) is 5.13. The molecule has 0 saturated carbocycles. The van der Waals surface area contributed by atoms with Crippen LogP contribution in [0.4, 0.5) is 5.95 Å². The second-order valence-corrected chi connectivity index (χ2v) is 8.96. The van der Waals surface area contributed by atoms with E-state index in [-0.39, 0.29) is 17.8 Å². The Morgan fingerprint density at radius 1 is 0.969 bits per heavy atom. The first-order valence-electron chi connectivity index (χ1n) is 10.7. The van der Waals surface area contributed by atoms with Gasteiger partial charge in [0.2, 0.25) is 5.95 Å². The summed E-state index contributed by atoms with van der Waals surface area (Å²) in [4.78, 5) is 33.5. The van der Waals surface area contributed by atoms with Crippen LogP contribution in [-0.2, 0) is 26.7 Å². The average Bonchev–Trinajstić information content (AvgIpc) is 3.17. The second kappa shape index (κ2) is 7.98. The highest BCUT2D eigenvalue weighted by Gasteiger charge is 2.29. The van der Waals surface area contributed by atoms with Gasteiger partial charge in [0.15, 0.2) is 11.2 Å². The van der Waals surface area contributed by atoms with Gasteiger partial charge in [-0.15, -0.1) is 0 Å². The minimum atomic E-state index is -0.379. The van der Waals surface area contributed by atoms with Crippen molar-refractivity contribution < 1.29 is 0 Å². The highest BCUT2D eigenvalue weighted by molar-refractivity contribution is 6.30. The molecule has 0 amide bonds. The number of aromatic nitrogens is 4. The first-order valence-corrected chi connectivity index (χ1v) is 11.0. The highest BCUT2D eigenvalue weighted by Crippen LogP contribution is 2.28. The largest absolute Gasteiger partial charge is 0.338 e. The van der Waals surface area contributed by atoms with E-state index >= 15 is 0 Å². The van der Waals surface area contributed by atoms with Crippen LogP contribution in [0.1, 0.15) is 18.1 Å². The van der Waals surface area contributed by atoms with Crippen molar-refractivity contribution in [2.24, 2.45) is 13.0 Å². The molecule has 4 aromatic rings. The van der Waals surface area contributed by atoms with Crippen molar-refractivity contribution in [2.45, 2.75) is 26.6 Å². The molecule has 0 bridgehead atoms. The number of hydrogen-bond acceptors (Lipinski definition) is 4.